The first kappa shape index (κ1) is 19.0. The molecule has 28 heavy (non-hydrogen) atoms. The van der Waals surface area contributed by atoms with Crippen molar-refractivity contribution in [1.82, 2.24) is 24.2 Å². The number of nitrogens with zero attached hydrogens (tertiary/aromatic N) is 6. The van der Waals surface area contributed by atoms with Crippen LogP contribution in [0.5, 0.6) is 5.88 Å². The molecule has 0 unspecified atom stereocenters. The number of hydrogen-bond donors (Lipinski definition) is 0. The van der Waals surface area contributed by atoms with Crippen LogP contribution < -0.4 is 9.64 Å². The third-order valence-corrected chi connectivity index (χ3v) is 5.73. The molecule has 0 bridgehead atoms. The van der Waals surface area contributed by atoms with E-state index >= 15 is 0 Å². The van der Waals surface area contributed by atoms with Gasteiger partial charge in [-0.25, -0.2) is 4.98 Å². The van der Waals surface area contributed by atoms with Gasteiger partial charge in [-0.05, 0) is 24.1 Å². The highest BCUT2D eigenvalue weighted by molar-refractivity contribution is 7.09. The molecule has 4 heterocycles. The monoisotopic (exact) mass is 416 g/mol. The fourth-order valence-corrected chi connectivity index (χ4v) is 4.08. The largest absolute Gasteiger partial charge is 0.481 e. The van der Waals surface area contributed by atoms with Gasteiger partial charge < -0.3 is 9.64 Å². The van der Waals surface area contributed by atoms with E-state index < -0.39 is 0 Å². The number of aromatic nitrogens is 4. The third-order valence-electron chi connectivity index (χ3n) is 4.75. The number of methoxy groups -OCH3 is 1. The summed E-state index contributed by atoms with van der Waals surface area (Å²) in [5.74, 6) is 1.35. The van der Waals surface area contributed by atoms with Crippen LogP contribution in [0.25, 0.3) is 11.4 Å². The van der Waals surface area contributed by atoms with Crippen molar-refractivity contribution in [3.05, 3.63) is 47.4 Å². The average Bonchev–Trinajstić information content (AvgIpc) is 3.23. The maximum Gasteiger partial charge on any atom is 0.213 e. The number of piperazine rings is 1. The molecule has 9 heteroatoms. The summed E-state index contributed by atoms with van der Waals surface area (Å²) < 4.78 is 9.67. The first-order valence-corrected chi connectivity index (χ1v) is 10.3. The Labute approximate surface area is 173 Å². The molecular formula is C19H21ClN6OS. The summed E-state index contributed by atoms with van der Waals surface area (Å²) >= 11 is 7.44. The van der Waals surface area contributed by atoms with Gasteiger partial charge in [-0.1, -0.05) is 11.6 Å². The highest BCUT2D eigenvalue weighted by Gasteiger charge is 2.20. The third kappa shape index (κ3) is 4.57. The molecule has 0 spiro atoms. The number of pyridine rings is 2. The lowest BCUT2D eigenvalue weighted by atomic mass is 10.2. The van der Waals surface area contributed by atoms with Crippen molar-refractivity contribution in [2.24, 2.45) is 0 Å². The fourth-order valence-electron chi connectivity index (χ4n) is 3.16. The van der Waals surface area contributed by atoms with Crippen LogP contribution in [0.4, 0.5) is 5.13 Å². The van der Waals surface area contributed by atoms with Gasteiger partial charge in [0.2, 0.25) is 11.0 Å². The molecule has 0 aliphatic carbocycles. The van der Waals surface area contributed by atoms with E-state index in [1.165, 1.54) is 17.1 Å². The van der Waals surface area contributed by atoms with Crippen molar-refractivity contribution >= 4 is 28.3 Å². The van der Waals surface area contributed by atoms with Crippen LogP contribution >= 0.6 is 23.1 Å². The van der Waals surface area contributed by atoms with Gasteiger partial charge in [-0.2, -0.15) is 9.36 Å². The van der Waals surface area contributed by atoms with Gasteiger partial charge in [0.05, 0.1) is 12.1 Å². The number of rotatable bonds is 6. The van der Waals surface area contributed by atoms with Crippen LogP contribution in [-0.4, -0.2) is 64.1 Å². The normalized spacial score (nSPS) is 15.0. The standard InChI is InChI=1S/C19H21ClN6OS/c1-27-17-10-14(2-4-22-17)3-5-25-6-8-26(9-7-25)19-23-18(24-28-19)15-11-16(20)13-21-12-15/h2,4,10-13H,3,5-9H2,1H3. The van der Waals surface area contributed by atoms with E-state index in [4.69, 9.17) is 16.3 Å². The molecule has 146 valence electrons. The van der Waals surface area contributed by atoms with Gasteiger partial charge in [0, 0.05) is 74.5 Å². The van der Waals surface area contributed by atoms with Crippen molar-refractivity contribution in [3.63, 3.8) is 0 Å². The molecular weight excluding hydrogens is 396 g/mol. The minimum atomic E-state index is 0.592. The van der Waals surface area contributed by atoms with Gasteiger partial charge >= 0.3 is 0 Å². The van der Waals surface area contributed by atoms with Gasteiger partial charge in [0.1, 0.15) is 0 Å². The topological polar surface area (TPSA) is 67.3 Å². The van der Waals surface area contributed by atoms with E-state index in [1.54, 1.807) is 25.7 Å². The molecule has 4 rings (SSSR count). The molecule has 0 radical (unpaired) electrons. The molecule has 0 N–H and O–H groups in total. The molecule has 0 aromatic carbocycles. The second-order valence-electron chi connectivity index (χ2n) is 6.58. The highest BCUT2D eigenvalue weighted by atomic mass is 35.5. The minimum Gasteiger partial charge on any atom is -0.481 e. The molecule has 3 aromatic heterocycles. The van der Waals surface area contributed by atoms with Crippen molar-refractivity contribution in [1.29, 1.82) is 0 Å². The second kappa shape index (κ2) is 8.81. The van der Waals surface area contributed by atoms with E-state index in [9.17, 15) is 0 Å². The van der Waals surface area contributed by atoms with Crippen LogP contribution in [0.2, 0.25) is 5.02 Å². The number of halogens is 1. The van der Waals surface area contributed by atoms with E-state index in [-0.39, 0.29) is 0 Å². The van der Waals surface area contributed by atoms with Crippen LogP contribution in [0, 0.1) is 0 Å². The molecule has 1 saturated heterocycles. The van der Waals surface area contributed by atoms with Crippen LogP contribution in [0.1, 0.15) is 5.56 Å². The van der Waals surface area contributed by atoms with Gasteiger partial charge in [-0.15, -0.1) is 0 Å². The Kier molecular flexibility index (Phi) is 5.99. The summed E-state index contributed by atoms with van der Waals surface area (Å²) in [7, 11) is 1.65. The lowest BCUT2D eigenvalue weighted by molar-refractivity contribution is 0.261. The van der Waals surface area contributed by atoms with E-state index in [2.05, 4.69) is 29.1 Å². The Bertz CT molecular complexity index is 928. The Hall–Kier alpha value is -2.29. The summed E-state index contributed by atoms with van der Waals surface area (Å²) in [6.07, 6.45) is 6.14. The number of ether oxygens (including phenoxy) is 1. The van der Waals surface area contributed by atoms with Gasteiger partial charge in [0.15, 0.2) is 5.82 Å². The van der Waals surface area contributed by atoms with Crippen molar-refractivity contribution < 1.29 is 4.74 Å². The Morgan fingerprint density at radius 2 is 2.04 bits per heavy atom. The maximum absolute atomic E-state index is 6.02. The molecule has 3 aromatic rings. The number of hydrogen-bond acceptors (Lipinski definition) is 8. The fraction of sp³-hybridized carbons (Fsp3) is 0.368. The van der Waals surface area contributed by atoms with E-state index in [0.717, 1.165) is 49.8 Å². The average molecular weight is 417 g/mol. The van der Waals surface area contributed by atoms with Crippen LogP contribution in [0.15, 0.2) is 36.8 Å². The van der Waals surface area contributed by atoms with Crippen molar-refractivity contribution in [2.45, 2.75) is 6.42 Å². The zero-order chi connectivity index (χ0) is 19.3. The Balaban J connectivity index is 1.30. The molecule has 1 aliphatic heterocycles. The zero-order valence-corrected chi connectivity index (χ0v) is 17.2. The summed E-state index contributed by atoms with van der Waals surface area (Å²) in [6, 6.07) is 5.89. The summed E-state index contributed by atoms with van der Waals surface area (Å²) in [5.41, 5.74) is 2.10. The predicted molar refractivity (Wildman–Crippen MR) is 111 cm³/mol. The van der Waals surface area contributed by atoms with Gasteiger partial charge in [-0.3, -0.25) is 9.88 Å². The van der Waals surface area contributed by atoms with E-state index in [1.807, 2.05) is 18.2 Å². The van der Waals surface area contributed by atoms with Crippen molar-refractivity contribution in [3.8, 4) is 17.3 Å². The van der Waals surface area contributed by atoms with Gasteiger partial charge in [0.25, 0.3) is 0 Å². The van der Waals surface area contributed by atoms with Crippen LogP contribution in [0.3, 0.4) is 0 Å². The second-order valence-corrected chi connectivity index (χ2v) is 7.74. The zero-order valence-electron chi connectivity index (χ0n) is 15.6. The lowest BCUT2D eigenvalue weighted by Gasteiger charge is -2.34. The quantitative estimate of drug-likeness (QED) is 0.611. The molecule has 0 amide bonds. The Morgan fingerprint density at radius 1 is 1.18 bits per heavy atom. The smallest absolute Gasteiger partial charge is 0.213 e. The SMILES string of the molecule is COc1cc(CCN2CCN(c3nc(-c4cncc(Cl)c4)ns3)CC2)ccn1. The lowest BCUT2D eigenvalue weighted by Crippen LogP contribution is -2.47. The van der Waals surface area contributed by atoms with Crippen molar-refractivity contribution in [2.75, 3.05) is 44.7 Å². The first-order valence-electron chi connectivity index (χ1n) is 9.12. The molecule has 0 saturated carbocycles. The molecule has 1 aliphatic rings. The minimum absolute atomic E-state index is 0.592. The van der Waals surface area contributed by atoms with Crippen LogP contribution in [-0.2, 0) is 6.42 Å². The van der Waals surface area contributed by atoms with E-state index in [0.29, 0.717) is 16.7 Å². The number of anilines is 1. The summed E-state index contributed by atoms with van der Waals surface area (Å²) in [6.45, 7) is 4.94. The maximum atomic E-state index is 6.02. The highest BCUT2D eigenvalue weighted by Crippen LogP contribution is 2.25. The first-order chi connectivity index (χ1) is 13.7. The molecule has 1 fully saturated rings. The predicted octanol–water partition coefficient (Wildman–Crippen LogP) is 3.02. The molecule has 0 atom stereocenters. The summed E-state index contributed by atoms with van der Waals surface area (Å²) in [5, 5.41) is 1.54. The molecule has 7 nitrogen and oxygen atoms in total. The summed E-state index contributed by atoms with van der Waals surface area (Å²) in [4.78, 5) is 17.7. The Morgan fingerprint density at radius 3 is 2.82 bits per heavy atom.